The number of likely N-dealkylation sites (tertiary alicyclic amines) is 1. The monoisotopic (exact) mass is 384 g/mol. The van der Waals surface area contributed by atoms with Crippen molar-refractivity contribution in [2.45, 2.75) is 70.6 Å². The number of thiocarbonyl (C=S) groups is 1. The Balaban J connectivity index is 2.16. The molecule has 1 spiro atoms. The van der Waals surface area contributed by atoms with Crippen molar-refractivity contribution in [2.75, 3.05) is 20.2 Å². The number of hydrogen-bond donors (Lipinski definition) is 0. The predicted octanol–water partition coefficient (Wildman–Crippen LogP) is 3.96. The maximum absolute atomic E-state index is 14.4. The summed E-state index contributed by atoms with van der Waals surface area (Å²) in [4.78, 5) is 19.5. The quantitative estimate of drug-likeness (QED) is 0.409. The third-order valence-electron chi connectivity index (χ3n) is 5.19. The molecule has 0 aromatic heterocycles. The zero-order valence-corrected chi connectivity index (χ0v) is 17.0. The molecule has 1 amide bonds. The van der Waals surface area contributed by atoms with Crippen molar-refractivity contribution in [1.29, 1.82) is 0 Å². The molecule has 2 aliphatic rings. The highest BCUT2D eigenvalue weighted by atomic mass is 32.1. The van der Waals surface area contributed by atoms with Gasteiger partial charge in [0.25, 0.3) is 5.91 Å². The van der Waals surface area contributed by atoms with E-state index in [1.165, 1.54) is 14.0 Å². The standard InChI is InChI=1S/C19H29FN2O3S/c1-5-7-8-15-16(26)14(21-24-4)13-19(25-15)9-11-22(12-10-19)17(23)18(3,20)6-2/h8H,5-7,9-13H2,1-4H3/b15-8+,21-14?. The summed E-state index contributed by atoms with van der Waals surface area (Å²) < 4.78 is 20.7. The molecule has 2 heterocycles. The van der Waals surface area contributed by atoms with Crippen molar-refractivity contribution in [3.63, 3.8) is 0 Å². The third-order valence-corrected chi connectivity index (χ3v) is 5.63. The van der Waals surface area contributed by atoms with Gasteiger partial charge in [-0.15, -0.1) is 0 Å². The van der Waals surface area contributed by atoms with Gasteiger partial charge in [0.15, 0.2) is 5.67 Å². The summed E-state index contributed by atoms with van der Waals surface area (Å²) in [6.45, 7) is 6.06. The lowest BCUT2D eigenvalue weighted by molar-refractivity contribution is -0.147. The van der Waals surface area contributed by atoms with Crippen LogP contribution in [-0.4, -0.2) is 52.9 Å². The van der Waals surface area contributed by atoms with Crippen LogP contribution in [-0.2, 0) is 14.4 Å². The highest BCUT2D eigenvalue weighted by Crippen LogP contribution is 2.38. The van der Waals surface area contributed by atoms with E-state index >= 15 is 0 Å². The van der Waals surface area contributed by atoms with Gasteiger partial charge in [0, 0.05) is 32.4 Å². The van der Waals surface area contributed by atoms with E-state index in [-0.39, 0.29) is 6.42 Å². The van der Waals surface area contributed by atoms with Gasteiger partial charge in [-0.1, -0.05) is 37.6 Å². The Morgan fingerprint density at radius 2 is 2.12 bits per heavy atom. The molecule has 2 saturated heterocycles. The van der Waals surface area contributed by atoms with Gasteiger partial charge in [0.2, 0.25) is 0 Å². The van der Waals surface area contributed by atoms with Crippen molar-refractivity contribution in [2.24, 2.45) is 5.16 Å². The molecule has 0 aliphatic carbocycles. The third kappa shape index (κ3) is 4.42. The van der Waals surface area contributed by atoms with E-state index in [0.29, 0.717) is 48.7 Å². The molecule has 5 nitrogen and oxygen atoms in total. The van der Waals surface area contributed by atoms with E-state index in [1.54, 1.807) is 11.8 Å². The van der Waals surface area contributed by atoms with Gasteiger partial charge in [-0.2, -0.15) is 0 Å². The molecule has 1 atom stereocenters. The average molecular weight is 385 g/mol. The van der Waals surface area contributed by atoms with Crippen LogP contribution in [0.25, 0.3) is 0 Å². The van der Waals surface area contributed by atoms with Crippen molar-refractivity contribution in [1.82, 2.24) is 4.90 Å². The first-order valence-electron chi connectivity index (χ1n) is 9.30. The second kappa shape index (κ2) is 8.46. The number of hydrogen-bond acceptors (Lipinski definition) is 5. The maximum atomic E-state index is 14.4. The summed E-state index contributed by atoms with van der Waals surface area (Å²) in [6.07, 6.45) is 5.82. The van der Waals surface area contributed by atoms with Gasteiger partial charge in [0.05, 0.1) is 0 Å². The Morgan fingerprint density at radius 1 is 1.46 bits per heavy atom. The zero-order valence-electron chi connectivity index (χ0n) is 16.1. The van der Waals surface area contributed by atoms with Gasteiger partial charge in [0.1, 0.15) is 29.0 Å². The number of alkyl halides is 1. The molecule has 0 aromatic rings. The summed E-state index contributed by atoms with van der Waals surface area (Å²) in [5, 5.41) is 4.09. The Kier molecular flexibility index (Phi) is 6.77. The summed E-state index contributed by atoms with van der Waals surface area (Å²) in [5.41, 5.74) is -1.57. The number of halogens is 1. The Bertz CT molecular complexity index is 608. The lowest BCUT2D eigenvalue weighted by Crippen LogP contribution is -2.55. The maximum Gasteiger partial charge on any atom is 0.259 e. The first kappa shape index (κ1) is 20.8. The summed E-state index contributed by atoms with van der Waals surface area (Å²) in [7, 11) is 1.50. The van der Waals surface area contributed by atoms with Gasteiger partial charge in [-0.25, -0.2) is 4.39 Å². The SMILES string of the molecule is CCC/C=C1/OC2(CCN(C(=O)C(C)(F)CC)CC2)CC(=NOC)C1=S. The molecule has 0 aromatic carbocycles. The first-order chi connectivity index (χ1) is 12.3. The molecule has 146 valence electrons. The number of carbonyl (C=O) groups excluding carboxylic acids is 1. The normalized spacial score (nSPS) is 25.3. The zero-order chi connectivity index (χ0) is 19.4. The second-order valence-electron chi connectivity index (χ2n) is 7.21. The number of ether oxygens (including phenoxy) is 1. The minimum absolute atomic E-state index is 0.173. The number of piperidine rings is 1. The van der Waals surface area contributed by atoms with Gasteiger partial charge in [-0.05, 0) is 25.8 Å². The smallest absolute Gasteiger partial charge is 0.259 e. The topological polar surface area (TPSA) is 51.1 Å². The lowest BCUT2D eigenvalue weighted by atomic mass is 9.82. The highest BCUT2D eigenvalue weighted by molar-refractivity contribution is 7.82. The van der Waals surface area contributed by atoms with Crippen LogP contribution >= 0.6 is 12.2 Å². The lowest BCUT2D eigenvalue weighted by Gasteiger charge is -2.45. The second-order valence-corrected chi connectivity index (χ2v) is 7.62. The number of unbranched alkanes of at least 4 members (excludes halogenated alkanes) is 1. The van der Waals surface area contributed by atoms with E-state index in [9.17, 15) is 9.18 Å². The van der Waals surface area contributed by atoms with Crippen molar-refractivity contribution in [3.05, 3.63) is 11.8 Å². The fourth-order valence-corrected chi connectivity index (χ4v) is 3.55. The number of carbonyl (C=O) groups is 1. The van der Waals surface area contributed by atoms with Gasteiger partial charge < -0.3 is 14.5 Å². The van der Waals surface area contributed by atoms with Crippen LogP contribution < -0.4 is 0 Å². The summed E-state index contributed by atoms with van der Waals surface area (Å²) in [5.74, 6) is 0.237. The molecule has 0 radical (unpaired) electrons. The number of rotatable bonds is 5. The summed E-state index contributed by atoms with van der Waals surface area (Å²) >= 11 is 5.49. The molecule has 7 heteroatoms. The van der Waals surface area contributed by atoms with E-state index < -0.39 is 17.2 Å². The fraction of sp³-hybridized carbons (Fsp3) is 0.737. The molecule has 0 N–H and O–H groups in total. The largest absolute Gasteiger partial charge is 0.485 e. The van der Waals surface area contributed by atoms with Crippen LogP contribution in [0.1, 0.15) is 59.3 Å². The molecule has 2 fully saturated rings. The van der Waals surface area contributed by atoms with Gasteiger partial charge in [-0.3, -0.25) is 4.79 Å². The molecule has 26 heavy (non-hydrogen) atoms. The number of allylic oxidation sites excluding steroid dienone is 2. The minimum Gasteiger partial charge on any atom is -0.485 e. The summed E-state index contributed by atoms with van der Waals surface area (Å²) in [6, 6.07) is 0. The van der Waals surface area contributed by atoms with Crippen LogP contribution in [0, 0.1) is 0 Å². The molecule has 0 bridgehead atoms. The molecular weight excluding hydrogens is 355 g/mol. The Hall–Kier alpha value is -1.50. The average Bonchev–Trinajstić information content (AvgIpc) is 2.63. The molecule has 2 rings (SSSR count). The van der Waals surface area contributed by atoms with Crippen molar-refractivity contribution in [3.8, 4) is 0 Å². The van der Waals surface area contributed by atoms with E-state index in [4.69, 9.17) is 21.8 Å². The number of amides is 1. The molecule has 2 aliphatic heterocycles. The minimum atomic E-state index is -1.81. The van der Waals surface area contributed by atoms with Crippen LogP contribution in [0.15, 0.2) is 17.0 Å². The highest BCUT2D eigenvalue weighted by Gasteiger charge is 2.46. The Labute approximate surface area is 160 Å². The van der Waals surface area contributed by atoms with Crippen LogP contribution in [0.4, 0.5) is 4.39 Å². The van der Waals surface area contributed by atoms with E-state index in [1.807, 2.05) is 6.08 Å². The van der Waals surface area contributed by atoms with Crippen molar-refractivity contribution >= 4 is 28.7 Å². The van der Waals surface area contributed by atoms with Crippen LogP contribution in [0.2, 0.25) is 0 Å². The number of nitrogens with zero attached hydrogens (tertiary/aromatic N) is 2. The predicted molar refractivity (Wildman–Crippen MR) is 104 cm³/mol. The molecule has 0 saturated carbocycles. The fourth-order valence-electron chi connectivity index (χ4n) is 3.31. The van der Waals surface area contributed by atoms with Crippen LogP contribution in [0.3, 0.4) is 0 Å². The van der Waals surface area contributed by atoms with E-state index in [0.717, 1.165) is 12.8 Å². The molecule has 1 unspecified atom stereocenters. The van der Waals surface area contributed by atoms with Gasteiger partial charge >= 0.3 is 0 Å². The van der Waals surface area contributed by atoms with Crippen LogP contribution in [0.5, 0.6) is 0 Å². The molecular formula is C19H29FN2O3S. The Morgan fingerprint density at radius 3 is 2.65 bits per heavy atom. The van der Waals surface area contributed by atoms with Crippen molar-refractivity contribution < 1.29 is 18.8 Å². The van der Waals surface area contributed by atoms with E-state index in [2.05, 4.69) is 12.1 Å². The first-order valence-corrected chi connectivity index (χ1v) is 9.71. The number of oxime groups is 1.